The summed E-state index contributed by atoms with van der Waals surface area (Å²) in [6, 6.07) is 9.62. The standard InChI is InChI=1S/C23H24N6O3/c1-15-24-8-7-20(25-15)28-13-23(14-28)19-12-27(9-10-29(19)22(31)32-23)21(30)17-11-26(2)18-6-4-3-5-16(17)18/h3-8,11,19H,9-10,12-14H2,1-2H3. The number of carbonyl (C=O) groups excluding carboxylic acids is 2. The van der Waals surface area contributed by atoms with Crippen LogP contribution in [0.15, 0.2) is 42.7 Å². The van der Waals surface area contributed by atoms with Gasteiger partial charge < -0.3 is 19.1 Å². The van der Waals surface area contributed by atoms with Crippen molar-refractivity contribution in [2.45, 2.75) is 18.6 Å². The first-order valence-corrected chi connectivity index (χ1v) is 10.8. The van der Waals surface area contributed by atoms with Crippen LogP contribution in [0, 0.1) is 6.92 Å². The lowest BCUT2D eigenvalue weighted by atomic mass is 9.84. The van der Waals surface area contributed by atoms with Gasteiger partial charge in [-0.3, -0.25) is 9.69 Å². The van der Waals surface area contributed by atoms with E-state index in [9.17, 15) is 9.59 Å². The van der Waals surface area contributed by atoms with Crippen LogP contribution >= 0.6 is 0 Å². The van der Waals surface area contributed by atoms with Crippen LogP contribution in [0.1, 0.15) is 16.2 Å². The van der Waals surface area contributed by atoms with Gasteiger partial charge in [0.1, 0.15) is 11.6 Å². The number of nitrogens with zero attached hydrogens (tertiary/aromatic N) is 6. The van der Waals surface area contributed by atoms with E-state index in [-0.39, 0.29) is 18.0 Å². The SMILES string of the molecule is Cc1nccc(N2CC3(C2)OC(=O)N2CCN(C(=O)c4cn(C)c5ccccc45)CC23)n1. The van der Waals surface area contributed by atoms with Crippen molar-refractivity contribution in [1.29, 1.82) is 0 Å². The molecule has 32 heavy (non-hydrogen) atoms. The van der Waals surface area contributed by atoms with Crippen molar-refractivity contribution in [3.05, 3.63) is 54.1 Å². The number of rotatable bonds is 2. The van der Waals surface area contributed by atoms with Crippen LogP contribution in [0.2, 0.25) is 0 Å². The zero-order valence-corrected chi connectivity index (χ0v) is 18.1. The maximum Gasteiger partial charge on any atom is 0.411 e. The molecule has 3 aliphatic rings. The minimum atomic E-state index is -0.617. The van der Waals surface area contributed by atoms with Gasteiger partial charge in [0.25, 0.3) is 5.91 Å². The summed E-state index contributed by atoms with van der Waals surface area (Å²) < 4.78 is 7.86. The van der Waals surface area contributed by atoms with Crippen molar-refractivity contribution in [3.63, 3.8) is 0 Å². The summed E-state index contributed by atoms with van der Waals surface area (Å²) in [5.41, 5.74) is 1.11. The first kappa shape index (κ1) is 19.1. The molecule has 0 radical (unpaired) electrons. The first-order valence-electron chi connectivity index (χ1n) is 10.8. The average molecular weight is 432 g/mol. The molecule has 3 saturated heterocycles. The van der Waals surface area contributed by atoms with Crippen LogP contribution < -0.4 is 4.90 Å². The molecule has 9 nitrogen and oxygen atoms in total. The molecule has 0 bridgehead atoms. The van der Waals surface area contributed by atoms with Crippen LogP contribution in [0.4, 0.5) is 10.6 Å². The molecular weight excluding hydrogens is 408 g/mol. The van der Waals surface area contributed by atoms with Crippen LogP contribution in [-0.4, -0.2) is 80.7 Å². The molecule has 3 fully saturated rings. The van der Waals surface area contributed by atoms with Crippen molar-refractivity contribution in [2.75, 3.05) is 37.6 Å². The third-order valence-electron chi connectivity index (χ3n) is 6.93. The van der Waals surface area contributed by atoms with E-state index in [1.54, 1.807) is 11.1 Å². The van der Waals surface area contributed by atoms with E-state index in [1.807, 2.05) is 60.0 Å². The minimum absolute atomic E-state index is 0.00134. The summed E-state index contributed by atoms with van der Waals surface area (Å²) in [5.74, 6) is 1.54. The summed E-state index contributed by atoms with van der Waals surface area (Å²) >= 11 is 0. The quantitative estimate of drug-likeness (QED) is 0.614. The third kappa shape index (κ3) is 2.70. The predicted octanol–water partition coefficient (Wildman–Crippen LogP) is 1.81. The van der Waals surface area contributed by atoms with E-state index >= 15 is 0 Å². The number of benzene rings is 1. The average Bonchev–Trinajstić information content (AvgIpc) is 3.27. The van der Waals surface area contributed by atoms with E-state index < -0.39 is 5.60 Å². The fraction of sp³-hybridized carbons (Fsp3) is 0.391. The predicted molar refractivity (Wildman–Crippen MR) is 118 cm³/mol. The highest BCUT2D eigenvalue weighted by Crippen LogP contribution is 2.41. The topological polar surface area (TPSA) is 83.8 Å². The molecule has 3 aromatic rings. The van der Waals surface area contributed by atoms with Gasteiger partial charge in [-0.05, 0) is 19.1 Å². The molecule has 0 N–H and O–H groups in total. The Balaban J connectivity index is 1.25. The smallest absolute Gasteiger partial charge is 0.411 e. The Morgan fingerprint density at radius 3 is 2.81 bits per heavy atom. The lowest BCUT2D eigenvalue weighted by molar-refractivity contribution is -0.00668. The summed E-state index contributed by atoms with van der Waals surface area (Å²) in [5, 5.41) is 0.949. The fourth-order valence-electron chi connectivity index (χ4n) is 5.28. The summed E-state index contributed by atoms with van der Waals surface area (Å²) in [6.45, 7) is 4.42. The molecule has 0 saturated carbocycles. The number of para-hydroxylation sites is 1. The molecule has 0 aliphatic carbocycles. The Morgan fingerprint density at radius 1 is 1.19 bits per heavy atom. The summed E-state index contributed by atoms with van der Waals surface area (Å²) in [6.07, 6.45) is 3.35. The molecule has 1 unspecified atom stereocenters. The molecule has 1 aromatic carbocycles. The lowest BCUT2D eigenvalue weighted by Gasteiger charge is -2.51. The molecule has 1 spiro atoms. The van der Waals surface area contributed by atoms with Gasteiger partial charge in [0.15, 0.2) is 5.60 Å². The van der Waals surface area contributed by atoms with Crippen molar-refractivity contribution < 1.29 is 14.3 Å². The number of aryl methyl sites for hydroxylation is 2. The van der Waals surface area contributed by atoms with Crippen LogP contribution in [0.3, 0.4) is 0 Å². The van der Waals surface area contributed by atoms with Crippen LogP contribution in [0.25, 0.3) is 10.9 Å². The molecule has 1 atom stereocenters. The highest BCUT2D eigenvalue weighted by molar-refractivity contribution is 6.07. The fourth-order valence-corrected chi connectivity index (χ4v) is 5.28. The molecule has 9 heteroatoms. The Labute approximate surface area is 185 Å². The van der Waals surface area contributed by atoms with Crippen molar-refractivity contribution in [2.24, 2.45) is 7.05 Å². The minimum Gasteiger partial charge on any atom is -0.437 e. The second-order valence-electron chi connectivity index (χ2n) is 8.88. The number of anilines is 1. The monoisotopic (exact) mass is 432 g/mol. The summed E-state index contributed by atoms with van der Waals surface area (Å²) in [4.78, 5) is 40.4. The molecule has 6 rings (SSSR count). The third-order valence-corrected chi connectivity index (χ3v) is 6.93. The van der Waals surface area contributed by atoms with Crippen LogP contribution in [0.5, 0.6) is 0 Å². The Bertz CT molecular complexity index is 1250. The Morgan fingerprint density at radius 2 is 2.00 bits per heavy atom. The molecule has 164 valence electrons. The maximum atomic E-state index is 13.5. The van der Waals surface area contributed by atoms with Gasteiger partial charge in [0.2, 0.25) is 0 Å². The largest absolute Gasteiger partial charge is 0.437 e. The number of fused-ring (bicyclic) bond motifs is 3. The van der Waals surface area contributed by atoms with E-state index in [4.69, 9.17) is 4.74 Å². The van der Waals surface area contributed by atoms with E-state index in [2.05, 4.69) is 14.9 Å². The van der Waals surface area contributed by atoms with Gasteiger partial charge in [0.05, 0.1) is 24.7 Å². The van der Waals surface area contributed by atoms with Gasteiger partial charge in [-0.2, -0.15) is 0 Å². The maximum absolute atomic E-state index is 13.5. The number of ether oxygens (including phenoxy) is 1. The second-order valence-corrected chi connectivity index (χ2v) is 8.88. The number of piperazine rings is 1. The second kappa shape index (κ2) is 6.69. The van der Waals surface area contributed by atoms with Gasteiger partial charge in [-0.15, -0.1) is 0 Å². The number of carbonyl (C=O) groups is 2. The number of aromatic nitrogens is 3. The lowest BCUT2D eigenvalue weighted by Crippen LogP contribution is -2.71. The number of hydrogen-bond acceptors (Lipinski definition) is 6. The molecule has 2 aromatic heterocycles. The number of amides is 2. The summed E-state index contributed by atoms with van der Waals surface area (Å²) in [7, 11) is 1.95. The van der Waals surface area contributed by atoms with E-state index in [0.717, 1.165) is 16.7 Å². The zero-order valence-electron chi connectivity index (χ0n) is 18.1. The van der Waals surface area contributed by atoms with Crippen molar-refractivity contribution in [3.8, 4) is 0 Å². The normalized spacial score (nSPS) is 21.6. The molecule has 5 heterocycles. The van der Waals surface area contributed by atoms with Gasteiger partial charge in [-0.1, -0.05) is 18.2 Å². The number of hydrogen-bond donors (Lipinski definition) is 0. The zero-order chi connectivity index (χ0) is 22.0. The Kier molecular flexibility index (Phi) is 3.99. The van der Waals surface area contributed by atoms with Gasteiger partial charge in [0, 0.05) is 50.0 Å². The van der Waals surface area contributed by atoms with Gasteiger partial charge >= 0.3 is 6.09 Å². The highest BCUT2D eigenvalue weighted by Gasteiger charge is 2.62. The van der Waals surface area contributed by atoms with Gasteiger partial charge in [-0.25, -0.2) is 14.8 Å². The molecular formula is C23H24N6O3. The van der Waals surface area contributed by atoms with Crippen LogP contribution in [-0.2, 0) is 11.8 Å². The van der Waals surface area contributed by atoms with Crippen molar-refractivity contribution in [1.82, 2.24) is 24.3 Å². The van der Waals surface area contributed by atoms with E-state index in [0.29, 0.717) is 44.1 Å². The molecule has 3 aliphatic heterocycles. The first-order chi connectivity index (χ1) is 15.4. The molecule has 2 amide bonds. The van der Waals surface area contributed by atoms with E-state index in [1.165, 1.54) is 0 Å². The highest BCUT2D eigenvalue weighted by atomic mass is 16.6. The Hall–Kier alpha value is -3.62. The van der Waals surface area contributed by atoms with Crippen molar-refractivity contribution >= 4 is 28.7 Å².